The zero-order chi connectivity index (χ0) is 16.2. The van der Waals surface area contributed by atoms with Gasteiger partial charge in [-0.2, -0.15) is 13.2 Å². The van der Waals surface area contributed by atoms with Crippen molar-refractivity contribution in [3.05, 3.63) is 59.3 Å². The molecule has 0 aliphatic rings. The average Bonchev–Trinajstić information content (AvgIpc) is 2.52. The number of halogens is 3. The quantitative estimate of drug-likeness (QED) is 0.786. The van der Waals surface area contributed by atoms with Gasteiger partial charge in [0.05, 0.1) is 18.2 Å². The van der Waals surface area contributed by atoms with E-state index in [1.165, 1.54) is 25.4 Å². The molecule has 1 aromatic carbocycles. The fourth-order valence-electron chi connectivity index (χ4n) is 2.02. The molecule has 1 heterocycles. The van der Waals surface area contributed by atoms with Crippen LogP contribution in [0, 0.1) is 0 Å². The molecule has 0 fully saturated rings. The molecular formula is C16H14F3NO2. The first-order chi connectivity index (χ1) is 10.4. The van der Waals surface area contributed by atoms with Gasteiger partial charge in [-0.1, -0.05) is 12.1 Å². The minimum atomic E-state index is -4.35. The maximum atomic E-state index is 12.5. The Balaban J connectivity index is 2.02. The molecule has 0 radical (unpaired) electrons. The minimum Gasteiger partial charge on any atom is -0.480 e. The van der Waals surface area contributed by atoms with Crippen LogP contribution in [0.1, 0.15) is 27.9 Å². The maximum Gasteiger partial charge on any atom is 0.416 e. The highest BCUT2D eigenvalue weighted by atomic mass is 19.4. The Labute approximate surface area is 125 Å². The molecule has 0 N–H and O–H groups in total. The Bertz CT molecular complexity index is 651. The lowest BCUT2D eigenvalue weighted by molar-refractivity contribution is -0.137. The highest BCUT2D eigenvalue weighted by molar-refractivity contribution is 5.98. The Morgan fingerprint density at radius 3 is 2.45 bits per heavy atom. The van der Waals surface area contributed by atoms with Crippen molar-refractivity contribution in [3.63, 3.8) is 0 Å². The van der Waals surface area contributed by atoms with E-state index in [-0.39, 0.29) is 18.1 Å². The van der Waals surface area contributed by atoms with Gasteiger partial charge in [-0.3, -0.25) is 4.79 Å². The number of ether oxygens (including phenoxy) is 1. The van der Waals surface area contributed by atoms with Gasteiger partial charge in [0.15, 0.2) is 5.78 Å². The summed E-state index contributed by atoms with van der Waals surface area (Å²) in [6, 6.07) is 8.05. The summed E-state index contributed by atoms with van der Waals surface area (Å²) in [5, 5.41) is 0. The molecule has 0 aliphatic carbocycles. The van der Waals surface area contributed by atoms with Crippen LogP contribution in [0.5, 0.6) is 5.88 Å². The number of aromatic nitrogens is 1. The standard InChI is InChI=1S/C16H14F3NO2/c1-22-15-13(3-2-10-20-15)14(21)9-6-11-4-7-12(8-5-11)16(17,18)19/h2-5,7-8,10H,6,9H2,1H3. The summed E-state index contributed by atoms with van der Waals surface area (Å²) >= 11 is 0. The summed E-state index contributed by atoms with van der Waals surface area (Å²) in [6.07, 6.45) is -2.30. The molecule has 0 saturated heterocycles. The second kappa shape index (κ2) is 6.60. The summed E-state index contributed by atoms with van der Waals surface area (Å²) in [4.78, 5) is 16.1. The van der Waals surface area contributed by atoms with E-state index in [0.717, 1.165) is 12.1 Å². The number of benzene rings is 1. The molecule has 6 heteroatoms. The minimum absolute atomic E-state index is 0.162. The van der Waals surface area contributed by atoms with Gasteiger partial charge in [0.1, 0.15) is 0 Å². The van der Waals surface area contributed by atoms with Gasteiger partial charge in [-0.25, -0.2) is 4.98 Å². The lowest BCUT2D eigenvalue weighted by atomic mass is 10.0. The highest BCUT2D eigenvalue weighted by Crippen LogP contribution is 2.29. The first-order valence-corrected chi connectivity index (χ1v) is 6.60. The molecule has 0 bridgehead atoms. The molecular weight excluding hydrogens is 295 g/mol. The van der Waals surface area contributed by atoms with Crippen LogP contribution in [-0.2, 0) is 12.6 Å². The van der Waals surface area contributed by atoms with Crippen LogP contribution in [0.2, 0.25) is 0 Å². The highest BCUT2D eigenvalue weighted by Gasteiger charge is 2.29. The van der Waals surface area contributed by atoms with Gasteiger partial charge >= 0.3 is 6.18 Å². The number of hydrogen-bond acceptors (Lipinski definition) is 3. The lowest BCUT2D eigenvalue weighted by Gasteiger charge is -2.08. The molecule has 2 aromatic rings. The van der Waals surface area contributed by atoms with Crippen molar-refractivity contribution in [2.45, 2.75) is 19.0 Å². The molecule has 116 valence electrons. The van der Waals surface area contributed by atoms with Crippen molar-refractivity contribution < 1.29 is 22.7 Å². The average molecular weight is 309 g/mol. The number of Topliss-reactive ketones (excluding diaryl/α,β-unsaturated/α-hetero) is 1. The van der Waals surface area contributed by atoms with E-state index < -0.39 is 11.7 Å². The van der Waals surface area contributed by atoms with Crippen molar-refractivity contribution in [2.75, 3.05) is 7.11 Å². The number of pyridine rings is 1. The van der Waals surface area contributed by atoms with E-state index in [1.807, 2.05) is 0 Å². The molecule has 0 amide bonds. The number of rotatable bonds is 5. The van der Waals surface area contributed by atoms with Crippen molar-refractivity contribution in [1.82, 2.24) is 4.98 Å². The molecule has 3 nitrogen and oxygen atoms in total. The first-order valence-electron chi connectivity index (χ1n) is 6.60. The Morgan fingerprint density at radius 1 is 1.18 bits per heavy atom. The summed E-state index contributed by atoms with van der Waals surface area (Å²) in [5.41, 5.74) is 0.345. The van der Waals surface area contributed by atoms with Crippen LogP contribution in [0.15, 0.2) is 42.6 Å². The third-order valence-electron chi connectivity index (χ3n) is 3.19. The number of carbonyl (C=O) groups is 1. The smallest absolute Gasteiger partial charge is 0.416 e. The molecule has 0 atom stereocenters. The monoisotopic (exact) mass is 309 g/mol. The third-order valence-corrected chi connectivity index (χ3v) is 3.19. The summed E-state index contributed by atoms with van der Waals surface area (Å²) in [7, 11) is 1.43. The van der Waals surface area contributed by atoms with Gasteiger partial charge in [-0.15, -0.1) is 0 Å². The number of methoxy groups -OCH3 is 1. The van der Waals surface area contributed by atoms with Crippen molar-refractivity contribution >= 4 is 5.78 Å². The molecule has 0 saturated carbocycles. The normalized spacial score (nSPS) is 11.3. The zero-order valence-electron chi connectivity index (χ0n) is 11.9. The molecule has 0 unspecified atom stereocenters. The third kappa shape index (κ3) is 3.84. The predicted molar refractivity (Wildman–Crippen MR) is 74.9 cm³/mol. The predicted octanol–water partition coefficient (Wildman–Crippen LogP) is 3.92. The van der Waals surface area contributed by atoms with Gasteiger partial charge < -0.3 is 4.74 Å². The van der Waals surface area contributed by atoms with E-state index >= 15 is 0 Å². The summed E-state index contributed by atoms with van der Waals surface area (Å²) in [6.45, 7) is 0. The van der Waals surface area contributed by atoms with Gasteiger partial charge in [0.25, 0.3) is 0 Å². The van der Waals surface area contributed by atoms with Crippen LogP contribution in [0.25, 0.3) is 0 Å². The fraction of sp³-hybridized carbons (Fsp3) is 0.250. The molecule has 0 spiro atoms. The van der Waals surface area contributed by atoms with Crippen LogP contribution >= 0.6 is 0 Å². The van der Waals surface area contributed by atoms with Gasteiger partial charge in [-0.05, 0) is 36.2 Å². The van der Waals surface area contributed by atoms with E-state index in [4.69, 9.17) is 4.74 Å². The van der Waals surface area contributed by atoms with Crippen LogP contribution in [0.4, 0.5) is 13.2 Å². The molecule has 22 heavy (non-hydrogen) atoms. The number of ketones is 1. The van der Waals surface area contributed by atoms with Crippen LogP contribution in [0.3, 0.4) is 0 Å². The van der Waals surface area contributed by atoms with E-state index in [9.17, 15) is 18.0 Å². The Morgan fingerprint density at radius 2 is 1.86 bits per heavy atom. The van der Waals surface area contributed by atoms with Gasteiger partial charge in [0, 0.05) is 12.6 Å². The number of alkyl halides is 3. The Hall–Kier alpha value is -2.37. The first kappa shape index (κ1) is 16.0. The second-order valence-electron chi connectivity index (χ2n) is 4.68. The van der Waals surface area contributed by atoms with E-state index in [2.05, 4.69) is 4.98 Å². The summed E-state index contributed by atoms with van der Waals surface area (Å²) < 4.78 is 42.4. The Kier molecular flexibility index (Phi) is 4.80. The zero-order valence-corrected chi connectivity index (χ0v) is 11.9. The molecule has 2 rings (SSSR count). The van der Waals surface area contributed by atoms with Crippen molar-refractivity contribution in [1.29, 1.82) is 0 Å². The van der Waals surface area contributed by atoms with Crippen molar-refractivity contribution in [3.8, 4) is 5.88 Å². The maximum absolute atomic E-state index is 12.5. The summed E-state index contributed by atoms with van der Waals surface area (Å²) in [5.74, 6) is 0.0877. The second-order valence-corrected chi connectivity index (χ2v) is 4.68. The largest absolute Gasteiger partial charge is 0.480 e. The van der Waals surface area contributed by atoms with Crippen LogP contribution in [-0.4, -0.2) is 17.9 Å². The van der Waals surface area contributed by atoms with E-state index in [0.29, 0.717) is 17.5 Å². The molecule has 0 aliphatic heterocycles. The van der Waals surface area contributed by atoms with Crippen LogP contribution < -0.4 is 4.74 Å². The number of nitrogens with zero attached hydrogens (tertiary/aromatic N) is 1. The van der Waals surface area contributed by atoms with Crippen molar-refractivity contribution in [2.24, 2.45) is 0 Å². The lowest BCUT2D eigenvalue weighted by Crippen LogP contribution is -2.06. The van der Waals surface area contributed by atoms with Gasteiger partial charge in [0.2, 0.25) is 5.88 Å². The SMILES string of the molecule is COc1ncccc1C(=O)CCc1ccc(C(F)(F)F)cc1. The number of aryl methyl sites for hydroxylation is 1. The molecule has 1 aromatic heterocycles. The van der Waals surface area contributed by atoms with E-state index in [1.54, 1.807) is 12.1 Å². The topological polar surface area (TPSA) is 39.2 Å². The number of hydrogen-bond donors (Lipinski definition) is 0. The number of carbonyl (C=O) groups excluding carboxylic acids is 1. The fourth-order valence-corrected chi connectivity index (χ4v) is 2.02.